The lowest BCUT2D eigenvalue weighted by Gasteiger charge is -2.43. The van der Waals surface area contributed by atoms with Crippen LogP contribution in [0.15, 0.2) is 65.5 Å². The van der Waals surface area contributed by atoms with Gasteiger partial charge in [0.05, 0.1) is 7.11 Å². The Labute approximate surface area is 189 Å². The molecule has 0 radical (unpaired) electrons. The lowest BCUT2D eigenvalue weighted by atomic mass is 9.80. The smallest absolute Gasteiger partial charge is 0.250 e. The molecule has 0 amide bonds. The molecule has 1 fully saturated rings. The van der Waals surface area contributed by atoms with Crippen LogP contribution in [0.25, 0.3) is 11.1 Å². The van der Waals surface area contributed by atoms with Crippen molar-refractivity contribution in [3.8, 4) is 16.9 Å². The molecule has 0 spiro atoms. The van der Waals surface area contributed by atoms with Crippen molar-refractivity contribution in [1.82, 2.24) is 9.47 Å². The monoisotopic (exact) mass is 429 g/mol. The number of nitrogens with zero attached hydrogens (tertiary/aromatic N) is 3. The van der Waals surface area contributed by atoms with Gasteiger partial charge < -0.3 is 14.2 Å². The van der Waals surface area contributed by atoms with Gasteiger partial charge in [0.2, 0.25) is 0 Å². The average Bonchev–Trinajstić information content (AvgIpc) is 2.80. The van der Waals surface area contributed by atoms with E-state index >= 15 is 0 Å². The largest absolute Gasteiger partial charge is 0.497 e. The molecular weight excluding hydrogens is 398 g/mol. The van der Waals surface area contributed by atoms with Crippen LogP contribution in [-0.4, -0.2) is 43.8 Å². The Hall–Kier alpha value is -3.05. The SMILES string of the molecule is COc1ccc(CN2C[C@@H]3C[C@H](C2)c2c(-c4ccc(N(C)C)cc4)ccc(=O)n2C3)cc1. The second kappa shape index (κ2) is 8.47. The second-order valence-electron chi connectivity index (χ2n) is 9.36. The number of ether oxygens (including phenoxy) is 1. The summed E-state index contributed by atoms with van der Waals surface area (Å²) >= 11 is 0. The van der Waals surface area contributed by atoms with Gasteiger partial charge in [0.1, 0.15) is 5.75 Å². The standard InChI is InChI=1S/C27H31N3O2/c1-28(2)23-8-6-21(7-9-23)25-12-13-26(31)30-17-20-14-22(27(25)30)18-29(16-20)15-19-4-10-24(32-3)11-5-19/h4-13,20,22H,14-18H2,1-3H3/t20-,22+/m0/s1. The zero-order chi connectivity index (χ0) is 22.2. The van der Waals surface area contributed by atoms with Crippen molar-refractivity contribution in [2.45, 2.75) is 25.4 Å². The van der Waals surface area contributed by atoms with Gasteiger partial charge in [0, 0.05) is 69.2 Å². The van der Waals surface area contributed by atoms with Crippen LogP contribution in [0.2, 0.25) is 0 Å². The molecule has 1 saturated heterocycles. The number of benzene rings is 2. The van der Waals surface area contributed by atoms with Gasteiger partial charge in [-0.3, -0.25) is 9.69 Å². The first-order valence-electron chi connectivity index (χ1n) is 11.4. The Balaban J connectivity index is 1.45. The molecule has 32 heavy (non-hydrogen) atoms. The third-order valence-corrected chi connectivity index (χ3v) is 6.93. The molecule has 166 valence electrons. The van der Waals surface area contributed by atoms with Gasteiger partial charge >= 0.3 is 0 Å². The lowest BCUT2D eigenvalue weighted by Crippen LogP contribution is -2.47. The van der Waals surface area contributed by atoms with Crippen LogP contribution >= 0.6 is 0 Å². The Morgan fingerprint density at radius 3 is 2.38 bits per heavy atom. The number of pyridine rings is 1. The van der Waals surface area contributed by atoms with Gasteiger partial charge in [-0.1, -0.05) is 24.3 Å². The molecule has 0 aliphatic carbocycles. The number of hydrogen-bond donors (Lipinski definition) is 0. The predicted molar refractivity (Wildman–Crippen MR) is 130 cm³/mol. The summed E-state index contributed by atoms with van der Waals surface area (Å²) < 4.78 is 7.35. The number of aromatic nitrogens is 1. The third-order valence-electron chi connectivity index (χ3n) is 6.93. The summed E-state index contributed by atoms with van der Waals surface area (Å²) in [5.41, 5.74) is 6.21. The molecule has 2 aliphatic rings. The maximum Gasteiger partial charge on any atom is 0.250 e. The first kappa shape index (κ1) is 20.8. The van der Waals surface area contributed by atoms with Gasteiger partial charge in [0.15, 0.2) is 0 Å². The van der Waals surface area contributed by atoms with Crippen LogP contribution in [0.4, 0.5) is 5.69 Å². The molecule has 0 N–H and O–H groups in total. The predicted octanol–water partition coefficient (Wildman–Crippen LogP) is 4.21. The molecule has 2 atom stereocenters. The minimum absolute atomic E-state index is 0.131. The highest BCUT2D eigenvalue weighted by atomic mass is 16.5. The zero-order valence-corrected chi connectivity index (χ0v) is 19.1. The summed E-state index contributed by atoms with van der Waals surface area (Å²) in [4.78, 5) is 17.5. The van der Waals surface area contributed by atoms with E-state index in [1.54, 1.807) is 13.2 Å². The molecule has 5 nitrogen and oxygen atoms in total. The number of rotatable bonds is 5. The molecule has 2 bridgehead atoms. The molecule has 0 saturated carbocycles. The van der Waals surface area contributed by atoms with Crippen molar-refractivity contribution in [2.75, 3.05) is 39.2 Å². The van der Waals surface area contributed by atoms with E-state index in [-0.39, 0.29) is 5.56 Å². The average molecular weight is 430 g/mol. The van der Waals surface area contributed by atoms with Gasteiger partial charge in [-0.05, 0) is 53.8 Å². The molecule has 5 rings (SSSR count). The molecule has 2 aliphatic heterocycles. The molecule has 3 heterocycles. The van der Waals surface area contributed by atoms with Crippen LogP contribution in [0.1, 0.15) is 23.6 Å². The van der Waals surface area contributed by atoms with Crippen molar-refractivity contribution in [2.24, 2.45) is 5.92 Å². The van der Waals surface area contributed by atoms with Crippen molar-refractivity contribution in [3.05, 3.63) is 82.3 Å². The summed E-state index contributed by atoms with van der Waals surface area (Å²) in [5.74, 6) is 1.78. The fourth-order valence-electron chi connectivity index (χ4n) is 5.42. The van der Waals surface area contributed by atoms with E-state index in [2.05, 4.69) is 64.9 Å². The Morgan fingerprint density at radius 2 is 1.69 bits per heavy atom. The van der Waals surface area contributed by atoms with E-state index in [4.69, 9.17) is 4.74 Å². The van der Waals surface area contributed by atoms with E-state index in [0.717, 1.165) is 38.3 Å². The van der Waals surface area contributed by atoms with Crippen LogP contribution in [0, 0.1) is 5.92 Å². The Bertz CT molecular complexity index is 1150. The van der Waals surface area contributed by atoms with Crippen LogP contribution < -0.4 is 15.2 Å². The molecule has 1 aromatic heterocycles. The van der Waals surface area contributed by atoms with Crippen LogP contribution in [-0.2, 0) is 13.1 Å². The Morgan fingerprint density at radius 1 is 0.938 bits per heavy atom. The van der Waals surface area contributed by atoms with Gasteiger partial charge in [-0.2, -0.15) is 0 Å². The highest BCUT2D eigenvalue weighted by Gasteiger charge is 2.36. The van der Waals surface area contributed by atoms with E-state index in [1.165, 1.54) is 28.1 Å². The van der Waals surface area contributed by atoms with E-state index in [0.29, 0.717) is 11.8 Å². The summed E-state index contributed by atoms with van der Waals surface area (Å²) in [6, 6.07) is 20.8. The van der Waals surface area contributed by atoms with Crippen LogP contribution in [0.3, 0.4) is 0 Å². The summed E-state index contributed by atoms with van der Waals surface area (Å²) in [6.07, 6.45) is 1.16. The molecular formula is C27H31N3O2. The van der Waals surface area contributed by atoms with E-state index in [9.17, 15) is 4.79 Å². The molecule has 2 aromatic carbocycles. The second-order valence-corrected chi connectivity index (χ2v) is 9.36. The zero-order valence-electron chi connectivity index (χ0n) is 19.1. The van der Waals surface area contributed by atoms with Crippen LogP contribution in [0.5, 0.6) is 5.75 Å². The molecule has 3 aromatic rings. The third kappa shape index (κ3) is 3.93. The first-order chi connectivity index (χ1) is 15.5. The Kier molecular flexibility index (Phi) is 5.51. The van der Waals surface area contributed by atoms with Gasteiger partial charge in [0.25, 0.3) is 5.56 Å². The number of piperidine rings is 1. The lowest BCUT2D eigenvalue weighted by molar-refractivity contribution is 0.115. The summed E-state index contributed by atoms with van der Waals surface area (Å²) in [5, 5.41) is 0. The summed E-state index contributed by atoms with van der Waals surface area (Å²) in [6.45, 7) is 3.76. The minimum Gasteiger partial charge on any atom is -0.497 e. The molecule has 5 heteroatoms. The number of hydrogen-bond acceptors (Lipinski definition) is 4. The van der Waals surface area contributed by atoms with Gasteiger partial charge in [-0.25, -0.2) is 0 Å². The maximum atomic E-state index is 12.8. The maximum absolute atomic E-state index is 12.8. The topological polar surface area (TPSA) is 37.7 Å². The quantitative estimate of drug-likeness (QED) is 0.609. The first-order valence-corrected chi connectivity index (χ1v) is 11.4. The highest BCUT2D eigenvalue weighted by molar-refractivity contribution is 5.69. The fraction of sp³-hybridized carbons (Fsp3) is 0.370. The number of anilines is 1. The summed E-state index contributed by atoms with van der Waals surface area (Å²) in [7, 11) is 5.81. The fourth-order valence-corrected chi connectivity index (χ4v) is 5.42. The minimum atomic E-state index is 0.131. The van der Waals surface area contributed by atoms with E-state index < -0.39 is 0 Å². The van der Waals surface area contributed by atoms with Crippen molar-refractivity contribution in [3.63, 3.8) is 0 Å². The number of fused-ring (bicyclic) bond motifs is 4. The van der Waals surface area contributed by atoms with Crippen molar-refractivity contribution in [1.29, 1.82) is 0 Å². The molecule has 0 unspecified atom stereocenters. The number of methoxy groups -OCH3 is 1. The highest BCUT2D eigenvalue weighted by Crippen LogP contribution is 2.40. The van der Waals surface area contributed by atoms with Crippen molar-refractivity contribution < 1.29 is 4.74 Å². The van der Waals surface area contributed by atoms with Gasteiger partial charge in [-0.15, -0.1) is 0 Å². The van der Waals surface area contributed by atoms with E-state index in [1.807, 2.05) is 18.2 Å². The van der Waals surface area contributed by atoms with Crippen molar-refractivity contribution >= 4 is 5.69 Å². The number of likely N-dealkylation sites (tertiary alicyclic amines) is 1. The normalized spacial score (nSPS) is 20.0.